The molecule has 2 heteroatoms. The lowest BCUT2D eigenvalue weighted by atomic mass is 10.1. The van der Waals surface area contributed by atoms with E-state index in [0.717, 1.165) is 0 Å². The maximum Gasteiger partial charge on any atom is 0.117 e. The number of benzene rings is 1. The molecule has 0 aliphatic carbocycles. The van der Waals surface area contributed by atoms with Crippen molar-refractivity contribution in [2.24, 2.45) is 0 Å². The molecule has 0 aromatic heterocycles. The van der Waals surface area contributed by atoms with Crippen molar-refractivity contribution in [3.8, 4) is 0 Å². The van der Waals surface area contributed by atoms with E-state index in [0.29, 0.717) is 0 Å². The molecule has 0 radical (unpaired) electrons. The monoisotopic (exact) mass is 148 g/mol. The Kier molecular flexibility index (Phi) is 1.28. The predicted molar refractivity (Wildman–Crippen MR) is 44.8 cm³/mol. The fourth-order valence-corrected chi connectivity index (χ4v) is 1.12. The predicted octanol–water partition coefficient (Wildman–Crippen LogP) is 1.28. The molecule has 0 amide bonds. The Labute approximate surface area is 66.6 Å². The van der Waals surface area contributed by atoms with Crippen LogP contribution in [0.1, 0.15) is 18.1 Å². The van der Waals surface area contributed by atoms with Crippen LogP contribution in [-0.2, 0) is 5.66 Å². The van der Waals surface area contributed by atoms with Crippen molar-refractivity contribution >= 4 is 0 Å². The number of hydrogen-bond acceptors (Lipinski definition) is 2. The molecule has 1 fully saturated rings. The van der Waals surface area contributed by atoms with E-state index in [9.17, 15) is 0 Å². The van der Waals surface area contributed by atoms with Crippen LogP contribution < -0.4 is 10.9 Å². The molecule has 1 aromatic carbocycles. The minimum Gasteiger partial charge on any atom is -0.231 e. The van der Waals surface area contributed by atoms with Crippen molar-refractivity contribution in [2.75, 3.05) is 0 Å². The average molecular weight is 148 g/mol. The van der Waals surface area contributed by atoms with Gasteiger partial charge in [0.05, 0.1) is 0 Å². The van der Waals surface area contributed by atoms with Crippen LogP contribution in [0.4, 0.5) is 0 Å². The summed E-state index contributed by atoms with van der Waals surface area (Å²) in [6.07, 6.45) is 0. The van der Waals surface area contributed by atoms with E-state index >= 15 is 0 Å². The molecule has 2 rings (SSSR count). The maximum absolute atomic E-state index is 3.10. The number of hydrogen-bond donors (Lipinski definition) is 2. The summed E-state index contributed by atoms with van der Waals surface area (Å²) < 4.78 is 0. The molecular formula is C9H12N2. The van der Waals surface area contributed by atoms with Gasteiger partial charge in [0.25, 0.3) is 0 Å². The topological polar surface area (TPSA) is 43.9 Å². The highest BCUT2D eigenvalue weighted by molar-refractivity contribution is 5.29. The smallest absolute Gasteiger partial charge is 0.117 e. The molecule has 0 bridgehead atoms. The van der Waals surface area contributed by atoms with Crippen molar-refractivity contribution in [3.63, 3.8) is 0 Å². The van der Waals surface area contributed by atoms with Crippen LogP contribution in [0.25, 0.3) is 0 Å². The van der Waals surface area contributed by atoms with E-state index in [1.807, 2.05) is 0 Å². The van der Waals surface area contributed by atoms with E-state index in [1.54, 1.807) is 0 Å². The third-order valence-electron chi connectivity index (χ3n) is 2.13. The molecule has 0 unspecified atom stereocenters. The normalized spacial score (nSPS) is 19.8. The van der Waals surface area contributed by atoms with Gasteiger partial charge in [0.2, 0.25) is 0 Å². The summed E-state index contributed by atoms with van der Waals surface area (Å²) in [4.78, 5) is 0. The summed E-state index contributed by atoms with van der Waals surface area (Å²) in [5.41, 5.74) is 8.83. The number of hydrazine groups is 1. The molecule has 1 heterocycles. The second-order valence-electron chi connectivity index (χ2n) is 3.24. The van der Waals surface area contributed by atoms with Gasteiger partial charge in [-0.25, -0.2) is 10.9 Å². The molecule has 11 heavy (non-hydrogen) atoms. The summed E-state index contributed by atoms with van der Waals surface area (Å²) in [7, 11) is 0. The van der Waals surface area contributed by atoms with Crippen molar-refractivity contribution in [1.82, 2.24) is 10.9 Å². The van der Waals surface area contributed by atoms with E-state index in [-0.39, 0.29) is 5.66 Å². The van der Waals surface area contributed by atoms with Crippen molar-refractivity contribution in [3.05, 3.63) is 35.4 Å². The Morgan fingerprint density at radius 2 is 1.64 bits per heavy atom. The summed E-state index contributed by atoms with van der Waals surface area (Å²) in [6.45, 7) is 4.22. The quantitative estimate of drug-likeness (QED) is 0.589. The number of nitrogens with one attached hydrogen (secondary N) is 2. The van der Waals surface area contributed by atoms with Gasteiger partial charge in [0, 0.05) is 0 Å². The van der Waals surface area contributed by atoms with Gasteiger partial charge >= 0.3 is 0 Å². The molecule has 0 spiro atoms. The zero-order valence-corrected chi connectivity index (χ0v) is 6.81. The van der Waals surface area contributed by atoms with Gasteiger partial charge in [0.15, 0.2) is 0 Å². The lowest BCUT2D eigenvalue weighted by Crippen LogP contribution is -2.07. The van der Waals surface area contributed by atoms with Gasteiger partial charge in [-0.05, 0) is 19.4 Å². The fourth-order valence-electron chi connectivity index (χ4n) is 1.12. The van der Waals surface area contributed by atoms with Gasteiger partial charge < -0.3 is 0 Å². The lowest BCUT2D eigenvalue weighted by Gasteiger charge is -2.04. The molecule has 1 aliphatic rings. The molecule has 1 aliphatic heterocycles. The summed E-state index contributed by atoms with van der Waals surface area (Å²) >= 11 is 0. The van der Waals surface area contributed by atoms with Gasteiger partial charge in [-0.3, -0.25) is 0 Å². The van der Waals surface area contributed by atoms with Crippen LogP contribution in [0.5, 0.6) is 0 Å². The van der Waals surface area contributed by atoms with Crippen LogP contribution in [-0.4, -0.2) is 0 Å². The molecule has 2 N–H and O–H groups in total. The van der Waals surface area contributed by atoms with Crippen LogP contribution in [0.3, 0.4) is 0 Å². The maximum atomic E-state index is 3.10. The van der Waals surface area contributed by atoms with Gasteiger partial charge in [-0.2, -0.15) is 0 Å². The largest absolute Gasteiger partial charge is 0.231 e. The number of rotatable bonds is 1. The molecule has 1 saturated heterocycles. The lowest BCUT2D eigenvalue weighted by molar-refractivity contribution is 0.735. The van der Waals surface area contributed by atoms with Crippen molar-refractivity contribution in [1.29, 1.82) is 0 Å². The first-order valence-corrected chi connectivity index (χ1v) is 3.82. The molecule has 0 atom stereocenters. The fraction of sp³-hybridized carbons (Fsp3) is 0.333. The van der Waals surface area contributed by atoms with Crippen LogP contribution in [0.2, 0.25) is 0 Å². The Morgan fingerprint density at radius 3 is 2.09 bits per heavy atom. The first-order chi connectivity index (χ1) is 5.21. The molecule has 0 saturated carbocycles. The second-order valence-corrected chi connectivity index (χ2v) is 3.24. The third kappa shape index (κ3) is 1.15. The summed E-state index contributed by atoms with van der Waals surface area (Å²) in [6, 6.07) is 8.54. The van der Waals surface area contributed by atoms with Gasteiger partial charge in [-0.15, -0.1) is 0 Å². The zero-order valence-electron chi connectivity index (χ0n) is 6.81. The standard InChI is InChI=1S/C9H12N2/c1-7-3-5-8(6-4-7)9(2)10-11-9/h3-6,10-11H,1-2H3. The first kappa shape index (κ1) is 6.83. The van der Waals surface area contributed by atoms with Gasteiger partial charge in [0.1, 0.15) is 5.66 Å². The van der Waals surface area contributed by atoms with E-state index in [1.165, 1.54) is 11.1 Å². The third-order valence-corrected chi connectivity index (χ3v) is 2.13. The van der Waals surface area contributed by atoms with Gasteiger partial charge in [-0.1, -0.05) is 29.8 Å². The molecule has 1 aromatic rings. The summed E-state index contributed by atoms with van der Waals surface area (Å²) in [5.74, 6) is 0. The van der Waals surface area contributed by atoms with Crippen molar-refractivity contribution in [2.45, 2.75) is 19.5 Å². The molecule has 2 nitrogen and oxygen atoms in total. The SMILES string of the molecule is Cc1ccc(C2(C)NN2)cc1. The Balaban J connectivity index is 2.33. The highest BCUT2D eigenvalue weighted by Crippen LogP contribution is 2.23. The second kappa shape index (κ2) is 2.06. The minimum atomic E-state index is 0.0354. The number of aryl methyl sites for hydroxylation is 1. The van der Waals surface area contributed by atoms with E-state index < -0.39 is 0 Å². The average Bonchev–Trinajstić information content (AvgIpc) is 2.70. The zero-order chi connectivity index (χ0) is 7.90. The minimum absolute atomic E-state index is 0.0354. The Morgan fingerprint density at radius 1 is 1.09 bits per heavy atom. The molecule has 58 valence electrons. The Bertz CT molecular complexity index is 259. The highest BCUT2D eigenvalue weighted by Gasteiger charge is 2.37. The van der Waals surface area contributed by atoms with Crippen LogP contribution in [0, 0.1) is 6.92 Å². The van der Waals surface area contributed by atoms with Crippen molar-refractivity contribution < 1.29 is 0 Å². The van der Waals surface area contributed by atoms with E-state index in [2.05, 4.69) is 49.0 Å². The molecular weight excluding hydrogens is 136 g/mol. The van der Waals surface area contributed by atoms with Crippen LogP contribution in [0.15, 0.2) is 24.3 Å². The first-order valence-electron chi connectivity index (χ1n) is 3.82. The highest BCUT2D eigenvalue weighted by atomic mass is 15.7. The van der Waals surface area contributed by atoms with E-state index in [4.69, 9.17) is 0 Å². The van der Waals surface area contributed by atoms with Crippen LogP contribution >= 0.6 is 0 Å². The summed E-state index contributed by atoms with van der Waals surface area (Å²) in [5, 5.41) is 0. The Hall–Kier alpha value is -0.860.